The summed E-state index contributed by atoms with van der Waals surface area (Å²) >= 11 is 1.71. The van der Waals surface area contributed by atoms with Crippen molar-refractivity contribution in [3.63, 3.8) is 0 Å². The molecule has 12 nitrogen and oxygen atoms in total. The normalized spacial score (nSPS) is 23.7. The van der Waals surface area contributed by atoms with Crippen LogP contribution < -0.4 is 21.6 Å². The van der Waals surface area contributed by atoms with Gasteiger partial charge in [-0.3, -0.25) is 24.2 Å². The summed E-state index contributed by atoms with van der Waals surface area (Å²) in [5, 5.41) is 31.9. The summed E-state index contributed by atoms with van der Waals surface area (Å²) < 4.78 is 0. The predicted molar refractivity (Wildman–Crippen MR) is 197 cm³/mol. The van der Waals surface area contributed by atoms with Gasteiger partial charge in [-0.05, 0) is 80.4 Å². The summed E-state index contributed by atoms with van der Waals surface area (Å²) in [6.07, 6.45) is 7.02. The van der Waals surface area contributed by atoms with Crippen LogP contribution >= 0.6 is 11.8 Å². The SMILES string of the molecule is CC(=O)C(O)C1(NC(=O)[C@@H]2C[C@H](N3NNC=C3C(C)(C)O)CN2C(=O)[C@@H](CC2CCCCC2)NC(=O)c2ccc3ccccc3c2)CCSCC1. The van der Waals surface area contributed by atoms with E-state index in [1.54, 1.807) is 47.8 Å². The zero-order valence-electron chi connectivity index (χ0n) is 29.8. The minimum absolute atomic E-state index is 0.143. The molecule has 13 heteroatoms. The van der Waals surface area contributed by atoms with E-state index in [4.69, 9.17) is 0 Å². The third-order valence-electron chi connectivity index (χ3n) is 11.1. The van der Waals surface area contributed by atoms with Crippen LogP contribution in [0, 0.1) is 5.92 Å². The topological polar surface area (TPSA) is 163 Å². The fourth-order valence-electron chi connectivity index (χ4n) is 8.22. The van der Waals surface area contributed by atoms with Gasteiger partial charge in [0, 0.05) is 24.7 Å². The highest BCUT2D eigenvalue weighted by Gasteiger charge is 2.50. The summed E-state index contributed by atoms with van der Waals surface area (Å²) in [5.74, 6) is 0.0262. The molecule has 0 radical (unpaired) electrons. The molecule has 2 saturated heterocycles. The lowest BCUT2D eigenvalue weighted by atomic mass is 9.83. The number of hydrazine groups is 2. The molecule has 6 rings (SSSR count). The van der Waals surface area contributed by atoms with Gasteiger partial charge in [0.25, 0.3) is 5.91 Å². The second kappa shape index (κ2) is 15.5. The molecule has 0 aromatic heterocycles. The number of fused-ring (bicyclic) bond motifs is 1. The maximum atomic E-state index is 14.9. The minimum Gasteiger partial charge on any atom is -0.384 e. The molecule has 4 aliphatic rings. The van der Waals surface area contributed by atoms with Gasteiger partial charge in [0.2, 0.25) is 11.8 Å². The monoisotopic (exact) mass is 720 g/mol. The Hall–Kier alpha value is -3.65. The van der Waals surface area contributed by atoms with E-state index in [0.717, 1.165) is 42.9 Å². The Labute approximate surface area is 304 Å². The standard InChI is InChI=1S/C38H52N6O6S/c1-24(45)33(46)38(15-17-51-18-16-38)41-35(48)31-21-29(44-32(22-39-42-44)37(2,3)50)23-43(31)36(49)30(19-25-9-5-4-6-10-25)40-34(47)28-14-13-26-11-7-8-12-27(26)20-28/h7-8,11-14,20,22,25,29-31,33,39,42,46,50H,4-6,9-10,15-19,21,23H2,1-3H3,(H,40,47)(H,41,48)/t29-,30+,31-,33?/m0/s1. The van der Waals surface area contributed by atoms with Gasteiger partial charge in [0.1, 0.15) is 23.8 Å². The van der Waals surface area contributed by atoms with E-state index in [9.17, 15) is 29.4 Å². The highest BCUT2D eigenvalue weighted by atomic mass is 32.2. The molecular weight excluding hydrogens is 669 g/mol. The van der Waals surface area contributed by atoms with E-state index in [0.29, 0.717) is 42.0 Å². The number of amides is 3. The summed E-state index contributed by atoms with van der Waals surface area (Å²) in [5.41, 5.74) is 4.65. The van der Waals surface area contributed by atoms with Crippen LogP contribution in [0.25, 0.3) is 10.8 Å². The van der Waals surface area contributed by atoms with Crippen molar-refractivity contribution in [1.29, 1.82) is 0 Å². The molecule has 0 bridgehead atoms. The molecule has 1 unspecified atom stereocenters. The summed E-state index contributed by atoms with van der Waals surface area (Å²) in [4.78, 5) is 57.2. The molecule has 3 aliphatic heterocycles. The molecule has 6 N–H and O–H groups in total. The van der Waals surface area contributed by atoms with Crippen molar-refractivity contribution in [3.8, 4) is 0 Å². The molecule has 4 atom stereocenters. The maximum Gasteiger partial charge on any atom is 0.251 e. The van der Waals surface area contributed by atoms with Crippen molar-refractivity contribution in [2.24, 2.45) is 5.92 Å². The van der Waals surface area contributed by atoms with Crippen LogP contribution in [0.2, 0.25) is 0 Å². The second-order valence-corrected chi connectivity index (χ2v) is 16.4. The molecule has 2 aromatic rings. The van der Waals surface area contributed by atoms with Gasteiger partial charge >= 0.3 is 0 Å². The van der Waals surface area contributed by atoms with E-state index in [1.165, 1.54) is 6.92 Å². The van der Waals surface area contributed by atoms with Gasteiger partial charge in [-0.15, -0.1) is 5.53 Å². The van der Waals surface area contributed by atoms with E-state index >= 15 is 0 Å². The molecule has 1 aliphatic carbocycles. The maximum absolute atomic E-state index is 14.9. The molecule has 3 amide bonds. The Morgan fingerprint density at radius 2 is 1.75 bits per heavy atom. The van der Waals surface area contributed by atoms with E-state index < -0.39 is 47.1 Å². The number of hydrogen-bond acceptors (Lipinski definition) is 10. The zero-order valence-corrected chi connectivity index (χ0v) is 30.6. The van der Waals surface area contributed by atoms with Crippen LogP contribution in [0.1, 0.15) is 88.9 Å². The largest absolute Gasteiger partial charge is 0.384 e. The fraction of sp³-hybridized carbons (Fsp3) is 0.579. The first-order valence-electron chi connectivity index (χ1n) is 18.3. The summed E-state index contributed by atoms with van der Waals surface area (Å²) in [6.45, 7) is 4.80. The van der Waals surface area contributed by atoms with Crippen LogP contribution in [0.3, 0.4) is 0 Å². The van der Waals surface area contributed by atoms with Crippen molar-refractivity contribution in [2.75, 3.05) is 18.1 Å². The van der Waals surface area contributed by atoms with E-state index in [2.05, 4.69) is 21.6 Å². The third-order valence-corrected chi connectivity index (χ3v) is 12.1. The average Bonchev–Trinajstić information content (AvgIpc) is 3.80. The Balaban J connectivity index is 1.31. The quantitative estimate of drug-likeness (QED) is 0.203. The zero-order chi connectivity index (χ0) is 36.3. The number of carbonyl (C=O) groups is 4. The Morgan fingerprint density at radius 3 is 2.43 bits per heavy atom. The number of nitrogens with zero attached hydrogens (tertiary/aromatic N) is 2. The van der Waals surface area contributed by atoms with Crippen LogP contribution in [-0.2, 0) is 14.4 Å². The van der Waals surface area contributed by atoms with Gasteiger partial charge in [-0.25, -0.2) is 0 Å². The van der Waals surface area contributed by atoms with Gasteiger partial charge in [0.05, 0.1) is 17.3 Å². The van der Waals surface area contributed by atoms with Gasteiger partial charge in [-0.2, -0.15) is 11.8 Å². The first-order chi connectivity index (χ1) is 24.4. The molecule has 276 valence electrons. The summed E-state index contributed by atoms with van der Waals surface area (Å²) in [7, 11) is 0. The molecule has 0 spiro atoms. The molecule has 2 aromatic carbocycles. The number of aliphatic hydroxyl groups excluding tert-OH is 1. The average molecular weight is 721 g/mol. The number of carbonyl (C=O) groups excluding carboxylic acids is 4. The minimum atomic E-state index is -1.38. The first-order valence-corrected chi connectivity index (χ1v) is 19.4. The Bertz CT molecular complexity index is 1650. The third kappa shape index (κ3) is 8.21. The number of Topliss-reactive ketones (excluding diaryl/α,β-unsaturated/α-hetero) is 1. The van der Waals surface area contributed by atoms with Crippen molar-refractivity contribution in [2.45, 2.75) is 114 Å². The number of benzene rings is 2. The Morgan fingerprint density at radius 1 is 1.04 bits per heavy atom. The lowest BCUT2D eigenvalue weighted by Gasteiger charge is -2.42. The number of aliphatic hydroxyl groups is 2. The van der Waals surface area contributed by atoms with Crippen molar-refractivity contribution in [1.82, 2.24) is 31.5 Å². The predicted octanol–water partition coefficient (Wildman–Crippen LogP) is 3.15. The Kier molecular flexibility index (Phi) is 11.3. The molecule has 51 heavy (non-hydrogen) atoms. The smallest absolute Gasteiger partial charge is 0.251 e. The van der Waals surface area contributed by atoms with Crippen molar-refractivity contribution in [3.05, 3.63) is 59.9 Å². The van der Waals surface area contributed by atoms with Gasteiger partial charge < -0.3 is 31.2 Å². The highest BCUT2D eigenvalue weighted by Crippen LogP contribution is 2.35. The van der Waals surface area contributed by atoms with E-state index in [1.807, 2.05) is 36.4 Å². The summed E-state index contributed by atoms with van der Waals surface area (Å²) in [6, 6.07) is 11.0. The highest BCUT2D eigenvalue weighted by molar-refractivity contribution is 7.99. The molecular formula is C38H52N6O6S. The number of ketones is 1. The fourth-order valence-corrected chi connectivity index (χ4v) is 9.44. The van der Waals surface area contributed by atoms with Crippen LogP contribution in [0.5, 0.6) is 0 Å². The number of rotatable bonds is 11. The first kappa shape index (κ1) is 37.1. The van der Waals surface area contributed by atoms with Crippen molar-refractivity contribution < 1.29 is 29.4 Å². The molecule has 3 heterocycles. The molecule has 3 fully saturated rings. The number of thioether (sulfide) groups is 1. The van der Waals surface area contributed by atoms with Crippen LogP contribution in [-0.4, -0.2) is 97.0 Å². The second-order valence-electron chi connectivity index (χ2n) is 15.2. The van der Waals surface area contributed by atoms with Gasteiger partial charge in [-0.1, -0.05) is 62.4 Å². The van der Waals surface area contributed by atoms with E-state index in [-0.39, 0.29) is 30.7 Å². The lowest BCUT2D eigenvalue weighted by Crippen LogP contribution is -2.64. The lowest BCUT2D eigenvalue weighted by molar-refractivity contribution is -0.143. The van der Waals surface area contributed by atoms with Crippen molar-refractivity contribution >= 4 is 46.0 Å². The van der Waals surface area contributed by atoms with Crippen LogP contribution in [0.15, 0.2) is 54.4 Å². The molecule has 1 saturated carbocycles. The van der Waals surface area contributed by atoms with Gasteiger partial charge in [0.15, 0.2) is 5.78 Å². The number of likely N-dealkylation sites (tertiary alicyclic amines) is 1. The number of nitrogens with one attached hydrogen (secondary N) is 4. The van der Waals surface area contributed by atoms with Crippen LogP contribution in [0.4, 0.5) is 0 Å². The number of hydrogen-bond donors (Lipinski definition) is 6.